The average Bonchev–Trinajstić information content (AvgIpc) is 3.06. The molecule has 2 aromatic carbocycles. The van der Waals surface area contributed by atoms with Gasteiger partial charge in [0.1, 0.15) is 11.5 Å². The second-order valence-corrected chi connectivity index (χ2v) is 8.69. The summed E-state index contributed by atoms with van der Waals surface area (Å²) in [7, 11) is 1.56. The van der Waals surface area contributed by atoms with E-state index in [4.69, 9.17) is 27.9 Å². The molecule has 0 radical (unpaired) electrons. The Morgan fingerprint density at radius 1 is 1.09 bits per heavy atom. The number of aliphatic hydroxyl groups is 1. The number of ether oxygens (including phenoxy) is 1. The Balaban J connectivity index is 2.14. The molecule has 0 aromatic heterocycles. The van der Waals surface area contributed by atoms with E-state index in [0.29, 0.717) is 40.0 Å². The maximum absolute atomic E-state index is 13.2. The van der Waals surface area contributed by atoms with E-state index in [0.717, 1.165) is 18.7 Å². The number of benzene rings is 2. The third-order valence-corrected chi connectivity index (χ3v) is 6.76. The van der Waals surface area contributed by atoms with Crippen LogP contribution in [0.3, 0.4) is 0 Å². The third-order valence-electron chi connectivity index (χ3n) is 6.02. The van der Waals surface area contributed by atoms with E-state index in [-0.39, 0.29) is 11.3 Å². The molecule has 0 bridgehead atoms. The van der Waals surface area contributed by atoms with Crippen LogP contribution in [-0.4, -0.2) is 59.9 Å². The SMILES string of the molecule is CCN(CC)CCN1C(=O)C(=O)C(=C(O)c2ccc(OC)c(C)c2)[C@@H]1c1ccc(Cl)c(Cl)c1. The molecule has 1 aliphatic rings. The Hall–Kier alpha value is -2.54. The molecular formula is C25H28Cl2N2O4. The lowest BCUT2D eigenvalue weighted by molar-refractivity contribution is -0.140. The molecule has 176 valence electrons. The number of aryl methyl sites for hydroxylation is 1. The van der Waals surface area contributed by atoms with Crippen LogP contribution in [0.5, 0.6) is 5.75 Å². The third kappa shape index (κ3) is 5.03. The number of likely N-dealkylation sites (N-methyl/N-ethyl adjacent to an activating group) is 1. The van der Waals surface area contributed by atoms with Gasteiger partial charge < -0.3 is 19.6 Å². The molecule has 1 fully saturated rings. The van der Waals surface area contributed by atoms with Crippen molar-refractivity contribution in [2.75, 3.05) is 33.3 Å². The van der Waals surface area contributed by atoms with Gasteiger partial charge in [-0.25, -0.2) is 0 Å². The summed E-state index contributed by atoms with van der Waals surface area (Å²) in [5.74, 6) is -0.950. The standard InChI is InChI=1S/C25H28Cl2N2O4/c1-5-28(6-2)11-12-29-22(16-7-9-18(26)19(27)14-16)21(24(31)25(29)32)23(30)17-8-10-20(33-4)15(3)13-17/h7-10,13-14,22,30H,5-6,11-12H2,1-4H3/t22-/m0/s1. The van der Waals surface area contributed by atoms with Gasteiger partial charge in [-0.05, 0) is 61.5 Å². The minimum absolute atomic E-state index is 0.0301. The predicted molar refractivity (Wildman–Crippen MR) is 131 cm³/mol. The summed E-state index contributed by atoms with van der Waals surface area (Å²) in [6, 6.07) is 9.31. The van der Waals surface area contributed by atoms with Crippen LogP contribution in [0.1, 0.15) is 36.6 Å². The van der Waals surface area contributed by atoms with Crippen molar-refractivity contribution < 1.29 is 19.4 Å². The number of likely N-dealkylation sites (tertiary alicyclic amines) is 1. The van der Waals surface area contributed by atoms with Crippen molar-refractivity contribution in [1.29, 1.82) is 0 Å². The Morgan fingerprint density at radius 3 is 2.36 bits per heavy atom. The fourth-order valence-corrected chi connectivity index (χ4v) is 4.42. The molecule has 1 saturated heterocycles. The zero-order valence-corrected chi connectivity index (χ0v) is 20.7. The summed E-state index contributed by atoms with van der Waals surface area (Å²) in [4.78, 5) is 29.9. The first-order chi connectivity index (χ1) is 15.7. The van der Waals surface area contributed by atoms with Crippen LogP contribution in [0.2, 0.25) is 10.0 Å². The Kier molecular flexibility index (Phi) is 8.05. The van der Waals surface area contributed by atoms with E-state index < -0.39 is 17.7 Å². The largest absolute Gasteiger partial charge is 0.507 e. The summed E-state index contributed by atoms with van der Waals surface area (Å²) in [5.41, 5.74) is 1.86. The first-order valence-corrected chi connectivity index (χ1v) is 11.6. The Morgan fingerprint density at radius 2 is 1.79 bits per heavy atom. The van der Waals surface area contributed by atoms with Gasteiger partial charge >= 0.3 is 0 Å². The molecule has 0 saturated carbocycles. The highest BCUT2D eigenvalue weighted by atomic mass is 35.5. The topological polar surface area (TPSA) is 70.1 Å². The van der Waals surface area contributed by atoms with Crippen molar-refractivity contribution in [3.63, 3.8) is 0 Å². The number of aliphatic hydroxyl groups excluding tert-OH is 1. The van der Waals surface area contributed by atoms with Crippen LogP contribution in [-0.2, 0) is 9.59 Å². The Bertz CT molecular complexity index is 1100. The van der Waals surface area contributed by atoms with E-state index in [9.17, 15) is 14.7 Å². The molecule has 2 aromatic rings. The van der Waals surface area contributed by atoms with Crippen LogP contribution in [0.4, 0.5) is 0 Å². The van der Waals surface area contributed by atoms with E-state index in [1.807, 2.05) is 20.8 Å². The lowest BCUT2D eigenvalue weighted by Gasteiger charge is -2.28. The summed E-state index contributed by atoms with van der Waals surface area (Å²) in [6.07, 6.45) is 0. The number of amides is 1. The van der Waals surface area contributed by atoms with Crippen molar-refractivity contribution in [3.05, 3.63) is 68.7 Å². The maximum atomic E-state index is 13.2. The molecular weight excluding hydrogens is 463 g/mol. The molecule has 6 nitrogen and oxygen atoms in total. The molecule has 8 heteroatoms. The number of hydrogen-bond donors (Lipinski definition) is 1. The lowest BCUT2D eigenvalue weighted by Crippen LogP contribution is -2.38. The van der Waals surface area contributed by atoms with E-state index in [1.54, 1.807) is 43.5 Å². The van der Waals surface area contributed by atoms with Crippen LogP contribution in [0.15, 0.2) is 42.0 Å². The quantitative estimate of drug-likeness (QED) is 0.317. The maximum Gasteiger partial charge on any atom is 0.295 e. The summed E-state index contributed by atoms with van der Waals surface area (Å²) >= 11 is 12.4. The zero-order chi connectivity index (χ0) is 24.3. The fourth-order valence-electron chi connectivity index (χ4n) is 4.11. The Labute approximate surface area is 204 Å². The van der Waals surface area contributed by atoms with Crippen LogP contribution < -0.4 is 4.74 Å². The molecule has 3 rings (SSSR count). The van der Waals surface area contributed by atoms with Gasteiger partial charge in [0.15, 0.2) is 0 Å². The number of ketones is 1. The number of methoxy groups -OCH3 is 1. The van der Waals surface area contributed by atoms with Crippen LogP contribution in [0, 0.1) is 6.92 Å². The monoisotopic (exact) mass is 490 g/mol. The zero-order valence-electron chi connectivity index (χ0n) is 19.2. The van der Waals surface area contributed by atoms with Crippen LogP contribution >= 0.6 is 23.2 Å². The molecule has 1 atom stereocenters. The minimum atomic E-state index is -0.780. The van der Waals surface area contributed by atoms with E-state index >= 15 is 0 Å². The average molecular weight is 491 g/mol. The molecule has 0 unspecified atom stereocenters. The number of rotatable bonds is 8. The molecule has 0 spiro atoms. The summed E-state index contributed by atoms with van der Waals surface area (Å²) in [5, 5.41) is 11.9. The highest BCUT2D eigenvalue weighted by Gasteiger charge is 2.46. The summed E-state index contributed by atoms with van der Waals surface area (Å²) < 4.78 is 5.29. The van der Waals surface area contributed by atoms with Gasteiger partial charge in [-0.15, -0.1) is 0 Å². The molecule has 33 heavy (non-hydrogen) atoms. The van der Waals surface area contributed by atoms with E-state index in [1.165, 1.54) is 4.90 Å². The predicted octanol–water partition coefficient (Wildman–Crippen LogP) is 5.07. The second-order valence-electron chi connectivity index (χ2n) is 7.88. The first kappa shape index (κ1) is 25.1. The van der Waals surface area contributed by atoms with Crippen LogP contribution in [0.25, 0.3) is 5.76 Å². The van der Waals surface area contributed by atoms with Gasteiger partial charge in [-0.2, -0.15) is 0 Å². The van der Waals surface area contributed by atoms with Gasteiger partial charge in [0.2, 0.25) is 0 Å². The lowest BCUT2D eigenvalue weighted by atomic mass is 9.94. The fraction of sp³-hybridized carbons (Fsp3) is 0.360. The minimum Gasteiger partial charge on any atom is -0.507 e. The molecule has 1 heterocycles. The van der Waals surface area contributed by atoms with E-state index in [2.05, 4.69) is 4.90 Å². The summed E-state index contributed by atoms with van der Waals surface area (Å²) in [6.45, 7) is 8.50. The van der Waals surface area contributed by atoms with Crippen molar-refractivity contribution in [3.8, 4) is 5.75 Å². The number of halogens is 2. The number of carbonyl (C=O) groups is 2. The molecule has 0 aliphatic carbocycles. The first-order valence-electron chi connectivity index (χ1n) is 10.8. The normalized spacial score (nSPS) is 17.8. The van der Waals surface area contributed by atoms with Crippen molar-refractivity contribution in [1.82, 2.24) is 9.80 Å². The van der Waals surface area contributed by atoms with Crippen molar-refractivity contribution in [2.45, 2.75) is 26.8 Å². The second kappa shape index (κ2) is 10.6. The van der Waals surface area contributed by atoms with Gasteiger partial charge in [-0.3, -0.25) is 9.59 Å². The number of Topliss-reactive ketones (excluding diaryl/α,β-unsaturated/α-hetero) is 1. The molecule has 1 N–H and O–H groups in total. The van der Waals surface area contributed by atoms with Gasteiger partial charge in [0.25, 0.3) is 11.7 Å². The smallest absolute Gasteiger partial charge is 0.295 e. The highest BCUT2D eigenvalue weighted by molar-refractivity contribution is 6.46. The molecule has 1 amide bonds. The number of hydrogen-bond acceptors (Lipinski definition) is 5. The highest BCUT2D eigenvalue weighted by Crippen LogP contribution is 2.41. The molecule has 1 aliphatic heterocycles. The van der Waals surface area contributed by atoms with Gasteiger partial charge in [-0.1, -0.05) is 43.1 Å². The number of nitrogens with zero attached hydrogens (tertiary/aromatic N) is 2. The number of carbonyl (C=O) groups excluding carboxylic acids is 2. The van der Waals surface area contributed by atoms with Gasteiger partial charge in [0.05, 0.1) is 28.8 Å². The van der Waals surface area contributed by atoms with Crippen molar-refractivity contribution in [2.24, 2.45) is 0 Å². The van der Waals surface area contributed by atoms with Gasteiger partial charge in [0, 0.05) is 18.7 Å². The van der Waals surface area contributed by atoms with Crippen molar-refractivity contribution >= 4 is 40.7 Å².